The minimum atomic E-state index is -1.96. The molecule has 1 aliphatic rings. The Kier molecular flexibility index (Phi) is 9.73. The zero-order valence-electron chi connectivity index (χ0n) is 24.0. The number of hydrogen-bond donors (Lipinski definition) is 1. The summed E-state index contributed by atoms with van der Waals surface area (Å²) in [5.41, 5.74) is 1.27. The Bertz CT molecular complexity index is 1160. The van der Waals surface area contributed by atoms with E-state index in [0.717, 1.165) is 35.5 Å². The number of aryl methyl sites for hydroxylation is 1. The Hall–Kier alpha value is -3.03. The van der Waals surface area contributed by atoms with E-state index in [2.05, 4.69) is 39.2 Å². The molecule has 0 aliphatic carbocycles. The lowest BCUT2D eigenvalue weighted by atomic mass is 9.71. The van der Waals surface area contributed by atoms with Gasteiger partial charge in [0.1, 0.15) is 18.2 Å². The van der Waals surface area contributed by atoms with Gasteiger partial charge in [-0.15, -0.1) is 6.58 Å². The molecule has 1 saturated heterocycles. The van der Waals surface area contributed by atoms with E-state index >= 15 is 4.39 Å². The van der Waals surface area contributed by atoms with Crippen LogP contribution in [0.2, 0.25) is 0 Å². The summed E-state index contributed by atoms with van der Waals surface area (Å²) in [4.78, 5) is 27.0. The van der Waals surface area contributed by atoms with Gasteiger partial charge < -0.3 is 14.7 Å². The Morgan fingerprint density at radius 3 is 2.44 bits per heavy atom. The van der Waals surface area contributed by atoms with Crippen LogP contribution in [0, 0.1) is 23.6 Å². The maximum absolute atomic E-state index is 15.1. The molecule has 212 valence electrons. The van der Waals surface area contributed by atoms with E-state index in [1.807, 2.05) is 25.1 Å². The molecule has 0 aromatic heterocycles. The highest BCUT2D eigenvalue weighted by Crippen LogP contribution is 2.40. The van der Waals surface area contributed by atoms with Crippen molar-refractivity contribution in [3.8, 4) is 5.75 Å². The molecule has 1 amide bonds. The number of nitrogens with zero attached hydrogens (tertiary/aromatic N) is 2. The average Bonchev–Trinajstić information content (AvgIpc) is 2.84. The Morgan fingerprint density at radius 2 is 1.85 bits per heavy atom. The van der Waals surface area contributed by atoms with E-state index in [9.17, 15) is 14.7 Å². The molecule has 2 aromatic rings. The Balaban J connectivity index is 1.73. The third-order valence-electron chi connectivity index (χ3n) is 7.39. The number of likely N-dealkylation sites (tertiary alicyclic amines) is 1. The lowest BCUT2D eigenvalue weighted by Gasteiger charge is -2.47. The van der Waals surface area contributed by atoms with Crippen LogP contribution in [0.1, 0.15) is 69.2 Å². The molecule has 2 aromatic carbocycles. The van der Waals surface area contributed by atoms with Gasteiger partial charge in [-0.3, -0.25) is 14.5 Å². The van der Waals surface area contributed by atoms with Gasteiger partial charge in [0.25, 0.3) is 0 Å². The van der Waals surface area contributed by atoms with Crippen molar-refractivity contribution in [1.29, 1.82) is 0 Å². The molecule has 0 bridgehead atoms. The second kappa shape index (κ2) is 12.4. The monoisotopic (exact) mass is 538 g/mol. The van der Waals surface area contributed by atoms with Gasteiger partial charge in [0.2, 0.25) is 6.41 Å². The minimum Gasteiger partial charge on any atom is -0.488 e. The SMILES string of the molecule is C=CCCC(O)(C=O)N(C=O)Cc1c(C)cccc1OCc1ccc(CN2CC(C)(C)CC(C)(C)C2)cc1F. The largest absolute Gasteiger partial charge is 0.488 e. The summed E-state index contributed by atoms with van der Waals surface area (Å²) in [6.45, 7) is 17.2. The summed E-state index contributed by atoms with van der Waals surface area (Å²) >= 11 is 0. The number of benzene rings is 2. The number of amides is 1. The molecule has 3 rings (SSSR count). The van der Waals surface area contributed by atoms with Crippen LogP contribution < -0.4 is 4.74 Å². The highest BCUT2D eigenvalue weighted by atomic mass is 19.1. The van der Waals surface area contributed by atoms with Gasteiger partial charge in [-0.1, -0.05) is 58.0 Å². The van der Waals surface area contributed by atoms with Gasteiger partial charge in [0, 0.05) is 37.2 Å². The molecule has 0 spiro atoms. The van der Waals surface area contributed by atoms with E-state index in [4.69, 9.17) is 4.74 Å². The summed E-state index contributed by atoms with van der Waals surface area (Å²) in [7, 11) is 0. The second-order valence-corrected chi connectivity index (χ2v) is 12.5. The number of carbonyl (C=O) groups is 2. The van der Waals surface area contributed by atoms with Gasteiger partial charge >= 0.3 is 0 Å². The summed E-state index contributed by atoms with van der Waals surface area (Å²) in [5, 5.41) is 10.8. The van der Waals surface area contributed by atoms with E-state index in [0.29, 0.717) is 42.5 Å². The molecule has 1 fully saturated rings. The summed E-state index contributed by atoms with van der Waals surface area (Å²) in [6, 6.07) is 10.7. The van der Waals surface area contributed by atoms with Crippen molar-refractivity contribution >= 4 is 12.7 Å². The maximum atomic E-state index is 15.1. The number of allylic oxidation sites excluding steroid dienone is 1. The third kappa shape index (κ3) is 7.99. The third-order valence-corrected chi connectivity index (χ3v) is 7.39. The molecule has 1 N–H and O–H groups in total. The molecule has 1 aliphatic heterocycles. The van der Waals surface area contributed by atoms with Crippen LogP contribution >= 0.6 is 0 Å². The smallest absolute Gasteiger partial charge is 0.212 e. The molecule has 0 radical (unpaired) electrons. The van der Waals surface area contributed by atoms with E-state index in [1.54, 1.807) is 24.3 Å². The van der Waals surface area contributed by atoms with Crippen molar-refractivity contribution in [2.75, 3.05) is 13.1 Å². The van der Waals surface area contributed by atoms with Crippen LogP contribution in [0.5, 0.6) is 5.75 Å². The van der Waals surface area contributed by atoms with Crippen molar-refractivity contribution in [1.82, 2.24) is 9.80 Å². The van der Waals surface area contributed by atoms with E-state index < -0.39 is 5.72 Å². The quantitative estimate of drug-likeness (QED) is 0.199. The predicted octanol–water partition coefficient (Wildman–Crippen LogP) is 5.78. The molecule has 0 saturated carbocycles. The lowest BCUT2D eigenvalue weighted by molar-refractivity contribution is -0.159. The highest BCUT2D eigenvalue weighted by Gasteiger charge is 2.37. The normalized spacial score (nSPS) is 18.1. The maximum Gasteiger partial charge on any atom is 0.212 e. The molecule has 1 unspecified atom stereocenters. The standard InChI is InChI=1S/C32H43FN2O4/c1-7-8-14-32(38,22-36)35(23-37)17-27-24(2)10-9-11-29(27)39-18-26-13-12-25(15-28(26)33)16-34-20-30(3,4)19-31(5,6)21-34/h7,9-13,15,22-23,38H,1,8,14,16-21H2,2-6H3. The summed E-state index contributed by atoms with van der Waals surface area (Å²) in [5.74, 6) is 0.131. The van der Waals surface area contributed by atoms with Crippen molar-refractivity contribution in [3.63, 3.8) is 0 Å². The molecule has 6 nitrogen and oxygen atoms in total. The zero-order chi connectivity index (χ0) is 28.8. The number of carbonyl (C=O) groups excluding carboxylic acids is 2. The van der Waals surface area contributed by atoms with Crippen molar-refractivity contribution < 1.29 is 23.8 Å². The number of aldehydes is 1. The van der Waals surface area contributed by atoms with Crippen molar-refractivity contribution in [2.45, 2.75) is 79.3 Å². The minimum absolute atomic E-state index is 0.00183. The van der Waals surface area contributed by atoms with Crippen LogP contribution in [0.3, 0.4) is 0 Å². The van der Waals surface area contributed by atoms with Crippen molar-refractivity contribution in [3.05, 3.63) is 77.1 Å². The van der Waals surface area contributed by atoms with Crippen molar-refractivity contribution in [2.24, 2.45) is 10.8 Å². The first-order chi connectivity index (χ1) is 18.3. The number of halogens is 1. The molecule has 7 heteroatoms. The van der Waals surface area contributed by atoms with Gasteiger partial charge in [-0.05, 0) is 53.9 Å². The number of ether oxygens (including phenoxy) is 1. The highest BCUT2D eigenvalue weighted by molar-refractivity contribution is 5.67. The topological polar surface area (TPSA) is 70.1 Å². The van der Waals surface area contributed by atoms with Crippen LogP contribution in [0.25, 0.3) is 0 Å². The molecule has 1 atom stereocenters. The molecule has 39 heavy (non-hydrogen) atoms. The fraction of sp³-hybridized carbons (Fsp3) is 0.500. The van der Waals surface area contributed by atoms with Crippen LogP contribution in [-0.4, -0.2) is 46.4 Å². The van der Waals surface area contributed by atoms with Crippen LogP contribution in [0.15, 0.2) is 49.1 Å². The summed E-state index contributed by atoms with van der Waals surface area (Å²) in [6.07, 6.45) is 3.96. The number of hydrogen-bond acceptors (Lipinski definition) is 5. The first-order valence-electron chi connectivity index (χ1n) is 13.5. The summed E-state index contributed by atoms with van der Waals surface area (Å²) < 4.78 is 21.2. The van der Waals surface area contributed by atoms with Crippen LogP contribution in [0.4, 0.5) is 4.39 Å². The Morgan fingerprint density at radius 1 is 1.15 bits per heavy atom. The van der Waals surface area contributed by atoms with Gasteiger partial charge in [-0.25, -0.2) is 4.39 Å². The van der Waals surface area contributed by atoms with Gasteiger partial charge in [-0.2, -0.15) is 0 Å². The second-order valence-electron chi connectivity index (χ2n) is 12.5. The number of rotatable bonds is 13. The first kappa shape index (κ1) is 30.5. The predicted molar refractivity (Wildman–Crippen MR) is 151 cm³/mol. The average molecular weight is 539 g/mol. The van der Waals surface area contributed by atoms with E-state index in [1.165, 1.54) is 0 Å². The Labute approximate surface area is 232 Å². The van der Waals surface area contributed by atoms with Gasteiger partial charge in [0.05, 0.1) is 6.54 Å². The van der Waals surface area contributed by atoms with Crippen LogP contribution in [-0.2, 0) is 29.3 Å². The fourth-order valence-corrected chi connectivity index (χ4v) is 6.04. The van der Waals surface area contributed by atoms with E-state index in [-0.39, 0.29) is 36.2 Å². The lowest BCUT2D eigenvalue weighted by Crippen LogP contribution is -2.49. The molecule has 1 heterocycles. The zero-order valence-corrected chi connectivity index (χ0v) is 24.0. The molecular weight excluding hydrogens is 495 g/mol. The first-order valence-corrected chi connectivity index (χ1v) is 13.5. The number of piperidine rings is 1. The molecular formula is C32H43FN2O4. The number of aliphatic hydroxyl groups is 1. The fourth-order valence-electron chi connectivity index (χ4n) is 6.04. The van der Waals surface area contributed by atoms with Gasteiger partial charge in [0.15, 0.2) is 12.0 Å².